The molecule has 0 saturated heterocycles. The molecule has 0 aliphatic rings. The molecule has 0 N–H and O–H groups in total. The highest BCUT2D eigenvalue weighted by atomic mass is 35.5. The van der Waals surface area contributed by atoms with Crippen LogP contribution in [0.25, 0.3) is 11.1 Å². The van der Waals surface area contributed by atoms with E-state index in [2.05, 4.69) is 0 Å². The topological polar surface area (TPSA) is 34.1 Å². The molecule has 0 amide bonds. The third kappa shape index (κ3) is 3.07. The van der Waals surface area contributed by atoms with Crippen molar-refractivity contribution < 1.29 is 8.42 Å². The van der Waals surface area contributed by atoms with E-state index in [9.17, 15) is 8.42 Å². The average Bonchev–Trinajstić information content (AvgIpc) is 2.33. The number of halogens is 4. The first-order valence-corrected chi connectivity index (χ1v) is 8.75. The Morgan fingerprint density at radius 3 is 2.15 bits per heavy atom. The highest BCUT2D eigenvalue weighted by molar-refractivity contribution is 7.90. The molecule has 7 heteroatoms. The summed E-state index contributed by atoms with van der Waals surface area (Å²) in [5.41, 5.74) is 1.11. The lowest BCUT2D eigenvalue weighted by atomic mass is 10.1. The monoisotopic (exact) mass is 368 g/mol. The van der Waals surface area contributed by atoms with Gasteiger partial charge in [-0.1, -0.05) is 58.5 Å². The fourth-order valence-corrected chi connectivity index (χ4v) is 4.07. The minimum absolute atomic E-state index is 0.0476. The fourth-order valence-electron chi connectivity index (χ4n) is 1.75. The third-order valence-corrected chi connectivity index (χ3v) is 5.27. The summed E-state index contributed by atoms with van der Waals surface area (Å²) in [5.74, 6) is 0. The van der Waals surface area contributed by atoms with Crippen LogP contribution < -0.4 is 0 Å². The molecule has 20 heavy (non-hydrogen) atoms. The van der Waals surface area contributed by atoms with E-state index in [-0.39, 0.29) is 20.0 Å². The van der Waals surface area contributed by atoms with Gasteiger partial charge in [-0.25, -0.2) is 8.42 Å². The zero-order valence-electron chi connectivity index (χ0n) is 10.1. The summed E-state index contributed by atoms with van der Waals surface area (Å²) in [7, 11) is -3.51. The van der Waals surface area contributed by atoms with Gasteiger partial charge in [0.05, 0.1) is 20.0 Å². The molecule has 0 saturated carbocycles. The minimum Gasteiger partial charge on any atom is -0.224 e. The summed E-state index contributed by atoms with van der Waals surface area (Å²) in [6.07, 6.45) is 1.04. The van der Waals surface area contributed by atoms with Crippen molar-refractivity contribution >= 4 is 56.2 Å². The average molecular weight is 370 g/mol. The zero-order valence-corrected chi connectivity index (χ0v) is 14.0. The first-order chi connectivity index (χ1) is 9.21. The number of sulfone groups is 1. The van der Waals surface area contributed by atoms with Gasteiger partial charge in [0.1, 0.15) is 0 Å². The zero-order chi connectivity index (χ0) is 15.1. The second-order valence-corrected chi connectivity index (χ2v) is 7.73. The SMILES string of the molecule is CS(=O)(=O)c1cc(Cl)c(-c2cccc(Cl)c2)c(Cl)c1Cl. The second kappa shape index (κ2) is 5.74. The summed E-state index contributed by atoms with van der Waals surface area (Å²) >= 11 is 24.3. The van der Waals surface area contributed by atoms with E-state index in [0.29, 0.717) is 16.1 Å². The van der Waals surface area contributed by atoms with E-state index in [0.717, 1.165) is 6.26 Å². The van der Waals surface area contributed by atoms with Gasteiger partial charge in [-0.3, -0.25) is 0 Å². The van der Waals surface area contributed by atoms with Gasteiger partial charge in [-0.05, 0) is 23.8 Å². The molecule has 0 aliphatic carbocycles. The summed E-state index contributed by atoms with van der Waals surface area (Å²) < 4.78 is 23.3. The molecule has 0 unspecified atom stereocenters. The number of benzene rings is 2. The van der Waals surface area contributed by atoms with Gasteiger partial charge in [-0.15, -0.1) is 0 Å². The van der Waals surface area contributed by atoms with Gasteiger partial charge >= 0.3 is 0 Å². The first kappa shape index (κ1) is 15.9. The Morgan fingerprint density at radius 1 is 0.950 bits per heavy atom. The molecule has 2 aromatic carbocycles. The Morgan fingerprint density at radius 2 is 1.60 bits per heavy atom. The van der Waals surface area contributed by atoms with Crippen molar-refractivity contribution in [2.24, 2.45) is 0 Å². The molecule has 0 bridgehead atoms. The molecule has 0 spiro atoms. The number of rotatable bonds is 2. The molecular formula is C13H8Cl4O2S. The van der Waals surface area contributed by atoms with Crippen LogP contribution in [0.2, 0.25) is 20.1 Å². The first-order valence-electron chi connectivity index (χ1n) is 5.35. The number of hydrogen-bond acceptors (Lipinski definition) is 2. The van der Waals surface area contributed by atoms with E-state index in [1.807, 2.05) is 0 Å². The minimum atomic E-state index is -3.51. The smallest absolute Gasteiger partial charge is 0.177 e. The Labute approximate surface area is 137 Å². The standard InChI is InChI=1S/C13H8Cl4O2S/c1-20(18,19)10-6-9(15)11(13(17)12(10)16)7-3-2-4-8(14)5-7/h2-6H,1H3. The molecular weight excluding hydrogens is 362 g/mol. The van der Waals surface area contributed by atoms with Crippen LogP contribution in [0.1, 0.15) is 0 Å². The molecule has 2 nitrogen and oxygen atoms in total. The highest BCUT2D eigenvalue weighted by Crippen LogP contribution is 2.43. The highest BCUT2D eigenvalue weighted by Gasteiger charge is 2.21. The summed E-state index contributed by atoms with van der Waals surface area (Å²) in [6.45, 7) is 0. The van der Waals surface area contributed by atoms with E-state index >= 15 is 0 Å². The maximum absolute atomic E-state index is 11.6. The lowest BCUT2D eigenvalue weighted by molar-refractivity contribution is 0.602. The Bertz CT molecular complexity index is 785. The molecule has 106 valence electrons. The molecule has 0 atom stereocenters. The lowest BCUT2D eigenvalue weighted by Gasteiger charge is -2.12. The molecule has 0 fully saturated rings. The molecule has 0 aliphatic heterocycles. The van der Waals surface area contributed by atoms with Crippen molar-refractivity contribution in [3.8, 4) is 11.1 Å². The Kier molecular flexibility index (Phi) is 4.57. The van der Waals surface area contributed by atoms with Crippen molar-refractivity contribution in [2.75, 3.05) is 6.26 Å². The largest absolute Gasteiger partial charge is 0.224 e. The van der Waals surface area contributed by atoms with Crippen molar-refractivity contribution in [1.82, 2.24) is 0 Å². The van der Waals surface area contributed by atoms with E-state index in [1.165, 1.54) is 6.07 Å². The van der Waals surface area contributed by atoms with Crippen molar-refractivity contribution in [1.29, 1.82) is 0 Å². The summed E-state index contributed by atoms with van der Waals surface area (Å²) in [5, 5.41) is 0.746. The van der Waals surface area contributed by atoms with Gasteiger partial charge in [-0.2, -0.15) is 0 Å². The summed E-state index contributed by atoms with van der Waals surface area (Å²) in [4.78, 5) is -0.0973. The molecule has 0 heterocycles. The van der Waals surface area contributed by atoms with E-state index in [1.54, 1.807) is 24.3 Å². The maximum Gasteiger partial charge on any atom is 0.177 e. The Balaban J connectivity index is 2.78. The van der Waals surface area contributed by atoms with Gasteiger partial charge < -0.3 is 0 Å². The predicted molar refractivity (Wildman–Crippen MR) is 85.0 cm³/mol. The van der Waals surface area contributed by atoms with Crippen LogP contribution in [0, 0.1) is 0 Å². The van der Waals surface area contributed by atoms with Crippen LogP contribution in [0.15, 0.2) is 35.2 Å². The van der Waals surface area contributed by atoms with Crippen LogP contribution in [0.5, 0.6) is 0 Å². The van der Waals surface area contributed by atoms with E-state index < -0.39 is 9.84 Å². The van der Waals surface area contributed by atoms with Crippen LogP contribution in [-0.4, -0.2) is 14.7 Å². The number of hydrogen-bond donors (Lipinski definition) is 0. The van der Waals surface area contributed by atoms with Crippen molar-refractivity contribution in [2.45, 2.75) is 4.90 Å². The molecule has 0 aromatic heterocycles. The van der Waals surface area contributed by atoms with Crippen LogP contribution >= 0.6 is 46.4 Å². The van der Waals surface area contributed by atoms with Crippen LogP contribution in [0.3, 0.4) is 0 Å². The molecule has 2 aromatic rings. The van der Waals surface area contributed by atoms with Crippen molar-refractivity contribution in [3.05, 3.63) is 50.4 Å². The maximum atomic E-state index is 11.6. The fraction of sp³-hybridized carbons (Fsp3) is 0.0769. The third-order valence-electron chi connectivity index (χ3n) is 2.64. The second-order valence-electron chi connectivity index (χ2n) is 4.14. The van der Waals surface area contributed by atoms with Crippen LogP contribution in [0.4, 0.5) is 0 Å². The van der Waals surface area contributed by atoms with Gasteiger partial charge in [0.15, 0.2) is 9.84 Å². The molecule has 2 rings (SSSR count). The quantitative estimate of drug-likeness (QED) is 0.666. The lowest BCUT2D eigenvalue weighted by Crippen LogP contribution is -1.99. The van der Waals surface area contributed by atoms with Crippen molar-refractivity contribution in [3.63, 3.8) is 0 Å². The van der Waals surface area contributed by atoms with Gasteiger partial charge in [0.2, 0.25) is 0 Å². The summed E-state index contributed by atoms with van der Waals surface area (Å²) in [6, 6.07) is 8.17. The predicted octanol–water partition coefficient (Wildman–Crippen LogP) is 5.37. The van der Waals surface area contributed by atoms with E-state index in [4.69, 9.17) is 46.4 Å². The van der Waals surface area contributed by atoms with Gasteiger partial charge in [0, 0.05) is 16.8 Å². The van der Waals surface area contributed by atoms with Gasteiger partial charge in [0.25, 0.3) is 0 Å². The normalized spacial score (nSPS) is 11.7. The Hall–Kier alpha value is -0.450. The van der Waals surface area contributed by atoms with Crippen LogP contribution in [-0.2, 0) is 9.84 Å². The molecule has 0 radical (unpaired) electrons.